The van der Waals surface area contributed by atoms with E-state index >= 15 is 0 Å². The number of likely N-dealkylation sites (N-methyl/N-ethyl adjacent to an activating group) is 1. The highest BCUT2D eigenvalue weighted by Gasteiger charge is 2.56. The zero-order valence-electron chi connectivity index (χ0n) is 82.5. The van der Waals surface area contributed by atoms with Gasteiger partial charge in [0.25, 0.3) is 0 Å². The fourth-order valence-electron chi connectivity index (χ4n) is 16.6. The minimum atomic E-state index is -2.21. The van der Waals surface area contributed by atoms with E-state index in [0.717, 1.165) is 30.3 Å². The normalized spacial score (nSPS) is 27.3. The molecule has 5 heterocycles. The largest absolute Gasteiger partial charge is 0.492 e. The van der Waals surface area contributed by atoms with Crippen LogP contribution >= 0.6 is 87.8 Å². The van der Waals surface area contributed by atoms with Gasteiger partial charge < -0.3 is 143 Å². The number of anilines is 1. The number of rotatable bonds is 52. The standard InChI is InChI=1S/C94H134Br2IN11O32S3/c1-16-107(68(114)47-99-91(121)133-48-56-24-26-57(27-25-56)101-86(118)52(5)100-87(119)74(50(2)3)102-67(113)23-21-33-108-60(46-96)59(45-95)104-106-108)61-49-132-69(43-65(61)124-11)138-83-78(116)75(105-140-70-42-62(110)85(55(8)134-70)142-88(120)71-51(4)73(97)81(84(127-14)80(71)125-12)139-89-79(117)82(126-13)77(115)54(7)136-89)53(6)135-90(83)137-64-22-19-17-18-20-30-94(123)44-63(111)76(103-92(122)128-15)72(64)58(94)29-41-141-143-93(9,10)31-28-66(112)98-32-35-129-37-39-131-40-38-130-36-34-109/h17-18,24-27,29,50,52-55,61-62,64-65,69-70,72,74-79,82-83,85,89-90,105,109-110,115-117,123H,16,21,23,28,31-49H2,1-15H3,(H,98,112)(H,99,121)(H,100,119)(H,101,118)(H,102,113)(H,103,122)/b18-17-,58-29+/t52-,53?,54?,55?,61?,62?,64-,65?,69?,70?,72?,74-,75?,76?,77-,78?,79?,82?,83?,85?,89?,90?,94-/m0/s1. The van der Waals surface area contributed by atoms with Gasteiger partial charge in [-0.3, -0.25) is 38.4 Å². The summed E-state index contributed by atoms with van der Waals surface area (Å²) in [5, 5.41) is 92.9. The quantitative estimate of drug-likeness (QED) is 0.00674. The first-order valence-electron chi connectivity index (χ1n) is 46.9. The Morgan fingerprint density at radius 3 is 2.14 bits per heavy atom. The van der Waals surface area contributed by atoms with Gasteiger partial charge in [-0.2, -0.15) is 5.48 Å². The number of carbonyl (C=O) groups is 9. The maximum atomic E-state index is 14.8. The van der Waals surface area contributed by atoms with Crippen molar-refractivity contribution in [1.82, 2.24) is 52.0 Å². The molecular weight excluding hydrogens is 2180 g/mol. The molecule has 3 aromatic rings. The summed E-state index contributed by atoms with van der Waals surface area (Å²) in [4.78, 5) is 131. The molecule has 2 aromatic carbocycles. The molecule has 23 atom stereocenters. The van der Waals surface area contributed by atoms with E-state index in [-0.39, 0.29) is 124 Å². The molecule has 5 fully saturated rings. The lowest BCUT2D eigenvalue weighted by atomic mass is 9.68. The Bertz CT molecular complexity index is 4910. The van der Waals surface area contributed by atoms with Crippen LogP contribution in [0, 0.1) is 46.0 Å². The van der Waals surface area contributed by atoms with Crippen LogP contribution in [0.25, 0.3) is 0 Å². The van der Waals surface area contributed by atoms with Gasteiger partial charge in [0, 0.05) is 92.3 Å². The number of aliphatic hydroxyl groups is 6. The van der Waals surface area contributed by atoms with Crippen LogP contribution in [0.3, 0.4) is 0 Å². The van der Waals surface area contributed by atoms with Gasteiger partial charge in [0.15, 0.2) is 41.8 Å². The number of methoxy groups -OCH3 is 5. The van der Waals surface area contributed by atoms with Gasteiger partial charge in [0.2, 0.25) is 46.7 Å². The number of aliphatic hydroxyl groups excluding tert-OH is 5. The number of alkyl halides is 2. The first-order valence-corrected chi connectivity index (χ1v) is 53.4. The average Bonchev–Trinajstić information content (AvgIpc) is 1.11. The molecule has 0 radical (unpaired) electrons. The molecule has 4 saturated heterocycles. The van der Waals surface area contributed by atoms with Gasteiger partial charge in [-0.15, -0.1) is 5.10 Å². The summed E-state index contributed by atoms with van der Waals surface area (Å²) in [6.07, 6.45) is -16.7. The van der Waals surface area contributed by atoms with E-state index in [1.165, 1.54) is 74.0 Å². The van der Waals surface area contributed by atoms with Crippen LogP contribution in [0.5, 0.6) is 17.2 Å². The Kier molecular flexibility index (Phi) is 49.0. The second kappa shape index (κ2) is 58.7. The zero-order valence-corrected chi connectivity index (χ0v) is 90.3. The number of nitrogens with zero attached hydrogens (tertiary/aromatic N) is 4. The first kappa shape index (κ1) is 119. The molecule has 13 N–H and O–H groups in total. The van der Waals surface area contributed by atoms with Gasteiger partial charge in [-0.1, -0.05) is 126 Å². The Hall–Kier alpha value is -7.21. The molecule has 0 spiro atoms. The van der Waals surface area contributed by atoms with Gasteiger partial charge in [-0.25, -0.2) is 14.3 Å². The van der Waals surface area contributed by atoms with Crippen molar-refractivity contribution < 1.29 is 154 Å². The number of nitrogens with one attached hydrogen (secondary N) is 7. The molecule has 4 aliphatic heterocycles. The van der Waals surface area contributed by atoms with Crippen LogP contribution in [0.15, 0.2) is 48.1 Å². The van der Waals surface area contributed by atoms with Crippen molar-refractivity contribution in [2.45, 2.75) is 276 Å². The fraction of sp³-hybridized carbons (Fsp3) is 0.670. The SMILES string of the molecule is CCN(C(=O)CNC(=O)OCc1ccc(NC(=O)[C@H](C)NC(=O)[C@@H](NC(=O)CCCn2nnc(CBr)c2CBr)C(C)C)cc1)C1COC(OC2C(O[C@H]3C#C/C=C\C#C[C@]4(O)CC(=O)C(NC(=O)OC)C3/C4=C\CSSC(C)(C)CCC(=O)NCCOCCOCCOCCO)OC(C)C(NOC3CC(O)C(SC(=O)c4c(C)c(I)c(OC5OC(C)[C@H](O)C(OC)C5O)c(OC)c4OC)C(C)O3)C2O)CC1OC. The monoisotopic (exact) mass is 2310 g/mol. The van der Waals surface area contributed by atoms with E-state index in [9.17, 15) is 68.7 Å². The summed E-state index contributed by atoms with van der Waals surface area (Å²) in [5.74, 6) is 7.24. The molecule has 43 nitrogen and oxygen atoms in total. The summed E-state index contributed by atoms with van der Waals surface area (Å²) in [5.41, 5.74) is 3.80. The summed E-state index contributed by atoms with van der Waals surface area (Å²) in [6.45, 7) is 18.7. The minimum absolute atomic E-state index is 0.0173. The number of ketones is 1. The van der Waals surface area contributed by atoms with Crippen molar-refractivity contribution in [2.24, 2.45) is 11.8 Å². The smallest absolute Gasteiger partial charge is 0.407 e. The van der Waals surface area contributed by atoms with Crippen LogP contribution in [0.1, 0.15) is 140 Å². The van der Waals surface area contributed by atoms with E-state index in [1.807, 2.05) is 36.4 Å². The molecular formula is C94H134Br2IN11O32S3. The van der Waals surface area contributed by atoms with E-state index in [0.29, 0.717) is 76.9 Å². The number of hydroxylamine groups is 1. The third-order valence-electron chi connectivity index (χ3n) is 24.4. The molecule has 6 aliphatic rings. The number of aromatic nitrogens is 3. The van der Waals surface area contributed by atoms with Crippen molar-refractivity contribution in [1.29, 1.82) is 0 Å². The molecule has 1 aromatic heterocycles. The number of halogens is 3. The van der Waals surface area contributed by atoms with E-state index in [2.05, 4.69) is 103 Å². The van der Waals surface area contributed by atoms with Crippen molar-refractivity contribution in [3.8, 4) is 40.9 Å². The Labute approximate surface area is 874 Å². The van der Waals surface area contributed by atoms with Crippen molar-refractivity contribution >= 4 is 146 Å². The molecule has 2 aliphatic carbocycles. The second-order valence-corrected chi connectivity index (χ2v) is 41.6. The third kappa shape index (κ3) is 33.6. The number of aryl methyl sites for hydroxylation is 1. The summed E-state index contributed by atoms with van der Waals surface area (Å²) in [7, 11) is 9.36. The topological polar surface area (TPSA) is 550 Å². The van der Waals surface area contributed by atoms with Gasteiger partial charge >= 0.3 is 12.2 Å². The maximum Gasteiger partial charge on any atom is 0.407 e. The molecule has 18 unspecified atom stereocenters. The zero-order chi connectivity index (χ0) is 105. The number of fused-ring (bicyclic) bond motifs is 2. The Morgan fingerprint density at radius 1 is 0.783 bits per heavy atom. The third-order valence-corrected chi connectivity index (χ3v) is 31.3. The Morgan fingerprint density at radius 2 is 1.48 bits per heavy atom. The summed E-state index contributed by atoms with van der Waals surface area (Å²) < 4.78 is 97.1. The first-order chi connectivity index (χ1) is 68.3. The number of carbonyl (C=O) groups excluding carboxylic acids is 9. The lowest BCUT2D eigenvalue weighted by molar-refractivity contribution is -0.340. The number of amides is 7. The van der Waals surface area contributed by atoms with Crippen LogP contribution in [0.2, 0.25) is 0 Å². The average molecular weight is 2310 g/mol. The van der Waals surface area contributed by atoms with Crippen molar-refractivity contribution in [2.75, 3.05) is 119 Å². The molecule has 49 heteroatoms. The molecule has 1 saturated carbocycles. The predicted molar refractivity (Wildman–Crippen MR) is 538 cm³/mol. The second-order valence-electron chi connectivity index (χ2n) is 35.2. The number of thioether (sulfide) groups is 1. The number of allylic oxidation sites excluding steroid dienone is 2. The minimum Gasteiger partial charge on any atom is -0.492 e. The molecule has 9 rings (SSSR count). The predicted octanol–water partition coefficient (Wildman–Crippen LogP) is 4.98. The molecule has 2 bridgehead atoms. The van der Waals surface area contributed by atoms with E-state index < -0.39 is 198 Å². The van der Waals surface area contributed by atoms with Gasteiger partial charge in [-0.05, 0) is 138 Å². The van der Waals surface area contributed by atoms with Crippen LogP contribution in [0.4, 0.5) is 15.3 Å². The fourth-order valence-corrected chi connectivity index (χ4v) is 21.8. The molecule has 7 amide bonds. The van der Waals surface area contributed by atoms with E-state index in [1.54, 1.807) is 83.5 Å². The Balaban J connectivity index is 0.879. The lowest BCUT2D eigenvalue weighted by Crippen LogP contribution is -2.66. The number of hydrogen-bond donors (Lipinski definition) is 13. The van der Waals surface area contributed by atoms with Crippen LogP contribution < -0.4 is 51.6 Å². The van der Waals surface area contributed by atoms with Crippen molar-refractivity contribution in [3.63, 3.8) is 0 Å². The highest BCUT2D eigenvalue weighted by Crippen LogP contribution is 2.50. The highest BCUT2D eigenvalue weighted by atomic mass is 127. The molecule has 143 heavy (non-hydrogen) atoms. The summed E-state index contributed by atoms with van der Waals surface area (Å²) in [6, 6.07) is 0.779. The highest BCUT2D eigenvalue weighted by molar-refractivity contribution is 14.1. The molecule has 796 valence electrons. The lowest BCUT2D eigenvalue weighted by Gasteiger charge is -2.48. The van der Waals surface area contributed by atoms with Crippen molar-refractivity contribution in [3.05, 3.63) is 79.7 Å². The number of alkyl carbamates (subject to hydrolysis) is 2. The van der Waals surface area contributed by atoms with Gasteiger partial charge in [0.1, 0.15) is 67.9 Å². The number of benzene rings is 2. The number of ether oxygens (including phenoxy) is 16. The van der Waals surface area contributed by atoms with E-state index in [4.69, 9.17) is 85.7 Å². The maximum absolute atomic E-state index is 14.8. The number of hydrogen-bond acceptors (Lipinski definition) is 38. The van der Waals surface area contributed by atoms with Gasteiger partial charge in [0.05, 0.1) is 149 Å². The van der Waals surface area contributed by atoms with Crippen LogP contribution in [-0.4, -0.2) is 355 Å². The summed E-state index contributed by atoms with van der Waals surface area (Å²) >= 11 is 9.61. The number of Topliss-reactive ketones (excluding diaryl/α,β-unsaturated/α-hetero) is 1. The van der Waals surface area contributed by atoms with Crippen LogP contribution in [-0.2, 0) is 119 Å².